The fourth-order valence-electron chi connectivity index (χ4n) is 5.12. The molecule has 178 valence electrons. The molecule has 3 aliphatic rings. The van der Waals surface area contributed by atoms with Crippen molar-refractivity contribution in [3.05, 3.63) is 35.9 Å². The van der Waals surface area contributed by atoms with E-state index in [1.54, 1.807) is 0 Å². The molecule has 32 heavy (non-hydrogen) atoms. The molecule has 1 heterocycles. The lowest BCUT2D eigenvalue weighted by molar-refractivity contribution is -0.139. The maximum atomic E-state index is 12.4. The Morgan fingerprint density at radius 1 is 1.00 bits per heavy atom. The first-order chi connectivity index (χ1) is 15.2. The van der Waals surface area contributed by atoms with Gasteiger partial charge in [0.25, 0.3) is 0 Å². The van der Waals surface area contributed by atoms with Crippen molar-refractivity contribution in [2.24, 2.45) is 10.9 Å². The van der Waals surface area contributed by atoms with Crippen LogP contribution in [0.1, 0.15) is 56.4 Å². The number of guanidine groups is 1. The lowest BCUT2D eigenvalue weighted by Crippen LogP contribution is -2.53. The van der Waals surface area contributed by atoms with Crippen molar-refractivity contribution in [1.82, 2.24) is 20.4 Å². The van der Waals surface area contributed by atoms with E-state index in [-0.39, 0.29) is 24.0 Å². The van der Waals surface area contributed by atoms with Crippen LogP contribution in [0.2, 0.25) is 0 Å². The molecular weight excluding hydrogens is 513 g/mol. The summed E-state index contributed by atoms with van der Waals surface area (Å²) in [5, 5.41) is 7.12. The van der Waals surface area contributed by atoms with Gasteiger partial charge in [-0.1, -0.05) is 36.8 Å². The summed E-state index contributed by atoms with van der Waals surface area (Å²) in [6.45, 7) is 5.60. The molecule has 6 nitrogen and oxygen atoms in total. The number of piperazine rings is 1. The zero-order valence-electron chi connectivity index (χ0n) is 19.5. The maximum absolute atomic E-state index is 12.4. The summed E-state index contributed by atoms with van der Waals surface area (Å²) >= 11 is 0. The molecule has 1 saturated heterocycles. The third-order valence-electron chi connectivity index (χ3n) is 7.42. The van der Waals surface area contributed by atoms with E-state index in [0.29, 0.717) is 23.8 Å². The Kier molecular flexibility index (Phi) is 10.1. The van der Waals surface area contributed by atoms with E-state index < -0.39 is 0 Å². The number of benzene rings is 1. The Hall–Kier alpha value is -1.35. The van der Waals surface area contributed by atoms with E-state index in [9.17, 15) is 4.79 Å². The predicted molar refractivity (Wildman–Crippen MR) is 142 cm³/mol. The highest BCUT2D eigenvalue weighted by Gasteiger charge is 2.31. The molecule has 4 rings (SSSR count). The second kappa shape index (κ2) is 12.8. The highest BCUT2D eigenvalue weighted by molar-refractivity contribution is 14.0. The Morgan fingerprint density at radius 2 is 1.69 bits per heavy atom. The van der Waals surface area contributed by atoms with Gasteiger partial charge in [0, 0.05) is 58.3 Å². The van der Waals surface area contributed by atoms with Crippen LogP contribution >= 0.6 is 24.0 Å². The summed E-state index contributed by atoms with van der Waals surface area (Å²) in [6, 6.07) is 11.4. The molecular formula is C25H40IN5O. The van der Waals surface area contributed by atoms with Crippen LogP contribution < -0.4 is 10.6 Å². The van der Waals surface area contributed by atoms with Gasteiger partial charge in [0.15, 0.2) is 5.96 Å². The molecule has 1 aromatic rings. The van der Waals surface area contributed by atoms with Crippen LogP contribution in [0.4, 0.5) is 0 Å². The van der Waals surface area contributed by atoms with Crippen molar-refractivity contribution >= 4 is 35.8 Å². The van der Waals surface area contributed by atoms with Gasteiger partial charge >= 0.3 is 0 Å². The van der Waals surface area contributed by atoms with Gasteiger partial charge < -0.3 is 15.5 Å². The first-order valence-electron chi connectivity index (χ1n) is 12.3. The van der Waals surface area contributed by atoms with Crippen LogP contribution in [0.3, 0.4) is 0 Å². The minimum atomic E-state index is 0. The number of halogens is 1. The summed E-state index contributed by atoms with van der Waals surface area (Å²) in [4.78, 5) is 21.4. The van der Waals surface area contributed by atoms with E-state index in [2.05, 4.69) is 55.8 Å². The number of aliphatic imine (C=N–C) groups is 1. The molecule has 0 bridgehead atoms. The fraction of sp³-hybridized carbons (Fsp3) is 0.680. The number of carbonyl (C=O) groups is 1. The zero-order chi connectivity index (χ0) is 21.5. The number of nitrogens with zero attached hydrogens (tertiary/aromatic N) is 3. The highest BCUT2D eigenvalue weighted by Crippen LogP contribution is 2.32. The van der Waals surface area contributed by atoms with Crippen molar-refractivity contribution in [3.8, 4) is 0 Å². The minimum absolute atomic E-state index is 0. The lowest BCUT2D eigenvalue weighted by Gasteiger charge is -2.38. The predicted octanol–water partition coefficient (Wildman–Crippen LogP) is 3.44. The molecule has 1 aromatic carbocycles. The summed E-state index contributed by atoms with van der Waals surface area (Å²) in [7, 11) is 1.86. The smallest absolute Gasteiger partial charge is 0.225 e. The molecule has 0 radical (unpaired) electrons. The summed E-state index contributed by atoms with van der Waals surface area (Å²) in [5.41, 5.74) is 1.48. The molecule has 1 amide bonds. The van der Waals surface area contributed by atoms with Gasteiger partial charge in [-0.2, -0.15) is 0 Å². The van der Waals surface area contributed by atoms with Crippen LogP contribution in [-0.4, -0.2) is 74.0 Å². The number of carbonyl (C=O) groups excluding carboxylic acids is 1. The van der Waals surface area contributed by atoms with E-state index in [0.717, 1.165) is 58.1 Å². The Bertz CT molecular complexity index is 723. The quantitative estimate of drug-likeness (QED) is 0.322. The Balaban J connectivity index is 0.00000289. The van der Waals surface area contributed by atoms with Gasteiger partial charge in [-0.25, -0.2) is 0 Å². The third-order valence-corrected chi connectivity index (χ3v) is 7.42. The van der Waals surface area contributed by atoms with Crippen LogP contribution in [0.15, 0.2) is 35.3 Å². The van der Waals surface area contributed by atoms with E-state index in [1.165, 1.54) is 37.7 Å². The second-order valence-electron chi connectivity index (χ2n) is 9.40. The van der Waals surface area contributed by atoms with Crippen molar-refractivity contribution in [1.29, 1.82) is 0 Å². The Labute approximate surface area is 210 Å². The highest BCUT2D eigenvalue weighted by atomic mass is 127. The SMILES string of the molecule is CN=C(NCCN1CCN(C(=O)C2CCC2)CC1)NC1CCC(c2ccccc2)CC1.I. The third kappa shape index (κ3) is 6.83. The molecule has 0 aromatic heterocycles. The number of nitrogens with one attached hydrogen (secondary N) is 2. The molecule has 3 fully saturated rings. The van der Waals surface area contributed by atoms with Crippen molar-refractivity contribution in [2.45, 2.75) is 56.9 Å². The molecule has 2 aliphatic carbocycles. The van der Waals surface area contributed by atoms with Crippen LogP contribution in [0, 0.1) is 5.92 Å². The van der Waals surface area contributed by atoms with Gasteiger partial charge in [-0.3, -0.25) is 14.7 Å². The molecule has 0 atom stereocenters. The summed E-state index contributed by atoms with van der Waals surface area (Å²) < 4.78 is 0. The lowest BCUT2D eigenvalue weighted by atomic mass is 9.82. The van der Waals surface area contributed by atoms with Crippen LogP contribution in [0.25, 0.3) is 0 Å². The number of hydrogen-bond acceptors (Lipinski definition) is 3. The second-order valence-corrected chi connectivity index (χ2v) is 9.40. The number of hydrogen-bond donors (Lipinski definition) is 2. The molecule has 1 aliphatic heterocycles. The van der Waals surface area contributed by atoms with Crippen molar-refractivity contribution < 1.29 is 4.79 Å². The van der Waals surface area contributed by atoms with Crippen molar-refractivity contribution in [2.75, 3.05) is 46.3 Å². The summed E-state index contributed by atoms with van der Waals surface area (Å²) in [6.07, 6.45) is 8.29. The van der Waals surface area contributed by atoms with Gasteiger partial charge in [-0.05, 0) is 50.0 Å². The topological polar surface area (TPSA) is 60.0 Å². The minimum Gasteiger partial charge on any atom is -0.355 e. The molecule has 0 unspecified atom stereocenters. The fourth-order valence-corrected chi connectivity index (χ4v) is 5.12. The average molecular weight is 554 g/mol. The van der Waals surface area contributed by atoms with Gasteiger partial charge in [-0.15, -0.1) is 24.0 Å². The molecule has 2 saturated carbocycles. The van der Waals surface area contributed by atoms with Gasteiger partial charge in [0.05, 0.1) is 0 Å². The van der Waals surface area contributed by atoms with E-state index in [1.807, 2.05) is 7.05 Å². The summed E-state index contributed by atoms with van der Waals surface area (Å²) in [5.74, 6) is 2.34. The average Bonchev–Trinajstić information content (AvgIpc) is 2.78. The first kappa shape index (κ1) is 25.3. The van der Waals surface area contributed by atoms with Crippen LogP contribution in [-0.2, 0) is 4.79 Å². The van der Waals surface area contributed by atoms with Gasteiger partial charge in [0.2, 0.25) is 5.91 Å². The maximum Gasteiger partial charge on any atom is 0.225 e. The molecule has 7 heteroatoms. The Morgan fingerprint density at radius 3 is 2.28 bits per heavy atom. The monoisotopic (exact) mass is 553 g/mol. The number of amides is 1. The first-order valence-corrected chi connectivity index (χ1v) is 12.3. The van der Waals surface area contributed by atoms with Crippen molar-refractivity contribution in [3.63, 3.8) is 0 Å². The van der Waals surface area contributed by atoms with Gasteiger partial charge in [0.1, 0.15) is 0 Å². The standard InChI is InChI=1S/C25H39N5O.HI/c1-26-25(28-23-12-10-21(11-13-23)20-6-3-2-4-7-20)27-14-15-29-16-18-30(19-17-29)24(31)22-8-5-9-22;/h2-4,6-7,21-23H,5,8-19H2,1H3,(H2,26,27,28);1H. The normalized spacial score (nSPS) is 24.9. The zero-order valence-corrected chi connectivity index (χ0v) is 21.8. The van der Waals surface area contributed by atoms with E-state index >= 15 is 0 Å². The van der Waals surface area contributed by atoms with Crippen LogP contribution in [0.5, 0.6) is 0 Å². The van der Waals surface area contributed by atoms with E-state index in [4.69, 9.17) is 0 Å². The number of rotatable bonds is 6. The largest absolute Gasteiger partial charge is 0.355 e. The molecule has 2 N–H and O–H groups in total. The molecule has 0 spiro atoms.